The van der Waals surface area contributed by atoms with Crippen molar-refractivity contribution in [3.63, 3.8) is 0 Å². The van der Waals surface area contributed by atoms with E-state index in [2.05, 4.69) is 10.3 Å². The maximum Gasteiger partial charge on any atom is 0.412 e. The first-order valence-corrected chi connectivity index (χ1v) is 6.27. The van der Waals surface area contributed by atoms with Gasteiger partial charge in [-0.2, -0.15) is 0 Å². The van der Waals surface area contributed by atoms with Gasteiger partial charge >= 0.3 is 6.09 Å². The first-order chi connectivity index (χ1) is 8.85. The van der Waals surface area contributed by atoms with Crippen LogP contribution in [0.4, 0.5) is 10.5 Å². The Hall–Kier alpha value is -1.81. The number of hydrogen-bond acceptors (Lipinski definition) is 3. The molecule has 1 N–H and O–H groups in total. The van der Waals surface area contributed by atoms with Crippen molar-refractivity contribution in [1.29, 1.82) is 0 Å². The number of hydrogen-bond donors (Lipinski definition) is 1. The minimum absolute atomic E-state index is 0.408. The smallest absolute Gasteiger partial charge is 0.412 e. The normalized spacial score (nSPS) is 11.4. The fraction of sp³-hybridized carbons (Fsp3) is 0.286. The van der Waals surface area contributed by atoms with Crippen LogP contribution in [0.15, 0.2) is 30.5 Å². The lowest BCUT2D eigenvalue weighted by Gasteiger charge is -2.19. The summed E-state index contributed by atoms with van der Waals surface area (Å²) in [6, 6.07) is 7.30. The van der Waals surface area contributed by atoms with Crippen LogP contribution in [0.5, 0.6) is 0 Å². The summed E-state index contributed by atoms with van der Waals surface area (Å²) in [7, 11) is 0. The van der Waals surface area contributed by atoms with Crippen molar-refractivity contribution >= 4 is 34.2 Å². The van der Waals surface area contributed by atoms with Crippen LogP contribution in [0, 0.1) is 0 Å². The highest BCUT2D eigenvalue weighted by molar-refractivity contribution is 6.34. The third-order valence-electron chi connectivity index (χ3n) is 2.36. The minimum Gasteiger partial charge on any atom is -0.444 e. The molecule has 0 unspecified atom stereocenters. The number of fused-ring (bicyclic) bond motifs is 1. The fourth-order valence-corrected chi connectivity index (χ4v) is 1.85. The second-order valence-corrected chi connectivity index (χ2v) is 5.52. The molecule has 0 aliphatic rings. The van der Waals surface area contributed by atoms with Gasteiger partial charge in [0, 0.05) is 17.3 Å². The maximum absolute atomic E-state index is 11.7. The summed E-state index contributed by atoms with van der Waals surface area (Å²) in [5, 5.41) is 4.83. The van der Waals surface area contributed by atoms with Crippen molar-refractivity contribution in [2.24, 2.45) is 0 Å². The Morgan fingerprint density at radius 1 is 1.32 bits per heavy atom. The van der Waals surface area contributed by atoms with E-state index in [1.807, 2.05) is 32.9 Å². The second kappa shape index (κ2) is 5.05. The Kier molecular flexibility index (Phi) is 3.62. The van der Waals surface area contributed by atoms with Crippen molar-refractivity contribution in [2.45, 2.75) is 26.4 Å². The number of nitrogens with zero attached hydrogens (tertiary/aromatic N) is 1. The number of ether oxygens (including phenoxy) is 1. The van der Waals surface area contributed by atoms with Gasteiger partial charge in [0.2, 0.25) is 0 Å². The van der Waals surface area contributed by atoms with Crippen molar-refractivity contribution in [1.82, 2.24) is 4.98 Å². The Morgan fingerprint density at radius 3 is 2.74 bits per heavy atom. The third kappa shape index (κ3) is 3.58. The molecule has 0 spiro atoms. The van der Waals surface area contributed by atoms with Gasteiger partial charge in [-0.3, -0.25) is 5.32 Å². The summed E-state index contributed by atoms with van der Waals surface area (Å²) in [5.41, 5.74) is 0.0943. The summed E-state index contributed by atoms with van der Waals surface area (Å²) in [5.74, 6) is 0. The summed E-state index contributed by atoms with van der Waals surface area (Å²) >= 11 is 6.02. The standard InChI is InChI=1S/C14H15ClN2O2/c1-14(2,3)19-13(18)17-10-5-4-9-6-7-16-12(15)11(9)8-10/h4-8H,1-3H3,(H,17,18). The molecule has 0 saturated heterocycles. The number of nitrogens with one attached hydrogen (secondary N) is 1. The highest BCUT2D eigenvalue weighted by atomic mass is 35.5. The molecule has 4 nitrogen and oxygen atoms in total. The molecule has 1 aromatic heterocycles. The van der Waals surface area contributed by atoms with Crippen LogP contribution in [-0.4, -0.2) is 16.7 Å². The largest absolute Gasteiger partial charge is 0.444 e. The summed E-state index contributed by atoms with van der Waals surface area (Å²) in [6.07, 6.45) is 1.15. The molecular formula is C14H15ClN2O2. The van der Waals surface area contributed by atoms with Crippen LogP contribution in [0.25, 0.3) is 10.8 Å². The molecule has 0 saturated carbocycles. The van der Waals surface area contributed by atoms with E-state index in [0.29, 0.717) is 10.8 Å². The van der Waals surface area contributed by atoms with Gasteiger partial charge < -0.3 is 4.74 Å². The molecule has 0 bridgehead atoms. The first-order valence-electron chi connectivity index (χ1n) is 5.89. The lowest BCUT2D eigenvalue weighted by molar-refractivity contribution is 0.0636. The third-order valence-corrected chi connectivity index (χ3v) is 2.66. The van der Waals surface area contributed by atoms with Crippen molar-refractivity contribution in [3.8, 4) is 0 Å². The number of carbonyl (C=O) groups is 1. The quantitative estimate of drug-likeness (QED) is 0.794. The van der Waals surface area contributed by atoms with Gasteiger partial charge in [-0.15, -0.1) is 0 Å². The Labute approximate surface area is 116 Å². The van der Waals surface area contributed by atoms with Crippen molar-refractivity contribution in [2.75, 3.05) is 5.32 Å². The molecule has 0 fully saturated rings. The van der Waals surface area contributed by atoms with Crippen LogP contribution in [0.1, 0.15) is 20.8 Å². The zero-order chi connectivity index (χ0) is 14.0. The second-order valence-electron chi connectivity index (χ2n) is 5.16. The Morgan fingerprint density at radius 2 is 2.05 bits per heavy atom. The van der Waals surface area contributed by atoms with Gasteiger partial charge in [-0.05, 0) is 44.4 Å². The highest BCUT2D eigenvalue weighted by Crippen LogP contribution is 2.24. The topological polar surface area (TPSA) is 51.2 Å². The number of pyridine rings is 1. The molecule has 19 heavy (non-hydrogen) atoms. The van der Waals surface area contributed by atoms with E-state index in [4.69, 9.17) is 16.3 Å². The molecule has 0 atom stereocenters. The number of carbonyl (C=O) groups excluding carboxylic acids is 1. The van der Waals surface area contributed by atoms with Crippen LogP contribution in [-0.2, 0) is 4.74 Å². The molecule has 1 heterocycles. The molecular weight excluding hydrogens is 264 g/mol. The minimum atomic E-state index is -0.528. The average molecular weight is 279 g/mol. The summed E-state index contributed by atoms with van der Waals surface area (Å²) in [6.45, 7) is 5.44. The zero-order valence-corrected chi connectivity index (χ0v) is 11.8. The predicted octanol–water partition coefficient (Wildman–Crippen LogP) is 4.24. The van der Waals surface area contributed by atoms with Gasteiger partial charge in [-0.25, -0.2) is 9.78 Å². The number of aromatic nitrogens is 1. The van der Waals surface area contributed by atoms with Gasteiger partial charge in [0.05, 0.1) is 0 Å². The number of amides is 1. The van der Waals surface area contributed by atoms with E-state index < -0.39 is 11.7 Å². The average Bonchev–Trinajstić information content (AvgIpc) is 2.27. The number of benzene rings is 1. The van der Waals surface area contributed by atoms with Crippen LogP contribution < -0.4 is 5.32 Å². The molecule has 0 radical (unpaired) electrons. The van der Waals surface area contributed by atoms with Gasteiger partial charge in [-0.1, -0.05) is 17.7 Å². The van der Waals surface area contributed by atoms with Crippen LogP contribution in [0.3, 0.4) is 0 Å². The van der Waals surface area contributed by atoms with E-state index in [1.165, 1.54) is 0 Å². The van der Waals surface area contributed by atoms with E-state index in [-0.39, 0.29) is 0 Å². The van der Waals surface area contributed by atoms with E-state index in [9.17, 15) is 4.79 Å². The van der Waals surface area contributed by atoms with Gasteiger partial charge in [0.25, 0.3) is 0 Å². The SMILES string of the molecule is CC(C)(C)OC(=O)Nc1ccc2ccnc(Cl)c2c1. The first kappa shape index (κ1) is 13.6. The number of halogens is 1. The molecule has 2 rings (SSSR count). The van der Waals surface area contributed by atoms with Crippen molar-refractivity contribution in [3.05, 3.63) is 35.6 Å². The molecule has 100 valence electrons. The molecule has 2 aromatic rings. The molecule has 0 aliphatic carbocycles. The zero-order valence-electron chi connectivity index (χ0n) is 11.0. The fourth-order valence-electron chi connectivity index (χ4n) is 1.63. The van der Waals surface area contributed by atoms with E-state index in [0.717, 1.165) is 10.8 Å². The van der Waals surface area contributed by atoms with Crippen LogP contribution >= 0.6 is 11.6 Å². The van der Waals surface area contributed by atoms with Gasteiger partial charge in [0.1, 0.15) is 10.8 Å². The summed E-state index contributed by atoms with van der Waals surface area (Å²) < 4.78 is 5.19. The lowest BCUT2D eigenvalue weighted by Crippen LogP contribution is -2.27. The number of anilines is 1. The summed E-state index contributed by atoms with van der Waals surface area (Å²) in [4.78, 5) is 15.7. The Bertz CT molecular complexity index is 620. The number of rotatable bonds is 1. The van der Waals surface area contributed by atoms with E-state index >= 15 is 0 Å². The molecule has 5 heteroatoms. The molecule has 1 amide bonds. The Balaban J connectivity index is 2.22. The van der Waals surface area contributed by atoms with E-state index in [1.54, 1.807) is 18.3 Å². The monoisotopic (exact) mass is 278 g/mol. The highest BCUT2D eigenvalue weighted by Gasteiger charge is 2.16. The lowest BCUT2D eigenvalue weighted by atomic mass is 10.1. The molecule has 1 aromatic carbocycles. The maximum atomic E-state index is 11.7. The predicted molar refractivity (Wildman–Crippen MR) is 76.6 cm³/mol. The molecule has 0 aliphatic heterocycles. The van der Waals surface area contributed by atoms with Crippen molar-refractivity contribution < 1.29 is 9.53 Å². The van der Waals surface area contributed by atoms with Gasteiger partial charge in [0.15, 0.2) is 0 Å². The van der Waals surface area contributed by atoms with Crippen LogP contribution in [0.2, 0.25) is 5.15 Å².